The number of carbonyl (C=O) groups is 1. The lowest BCUT2D eigenvalue weighted by molar-refractivity contribution is -0.113. The first-order valence-electron chi connectivity index (χ1n) is 5.29. The molecule has 0 atom stereocenters. The van der Waals surface area contributed by atoms with Crippen LogP contribution in [0.1, 0.15) is 5.69 Å². The van der Waals surface area contributed by atoms with Crippen molar-refractivity contribution in [3.8, 4) is 0 Å². The Morgan fingerprint density at radius 1 is 1.35 bits per heavy atom. The fourth-order valence-corrected chi connectivity index (χ4v) is 1.22. The molecule has 0 unspecified atom stereocenters. The van der Waals surface area contributed by atoms with E-state index in [4.69, 9.17) is 17.5 Å². The normalized spacial score (nSPS) is 9.75. The van der Waals surface area contributed by atoms with Crippen LogP contribution in [0.5, 0.6) is 0 Å². The molecule has 0 aliphatic heterocycles. The average Bonchev–Trinajstić information content (AvgIpc) is 2.67. The number of nitrogens with two attached hydrogens (primary N) is 1. The Hall–Kier alpha value is -2.16. The molecule has 2 rings (SSSR count). The van der Waals surface area contributed by atoms with E-state index in [9.17, 15) is 4.79 Å². The number of para-hydroxylation sites is 1. The van der Waals surface area contributed by atoms with Crippen LogP contribution in [0.2, 0.25) is 0 Å². The van der Waals surface area contributed by atoms with Gasteiger partial charge in [0, 0.05) is 11.2 Å². The molecule has 2 aromatic rings. The van der Waals surface area contributed by atoms with Gasteiger partial charge in [-0.25, -0.2) is 0 Å². The molecule has 110 valence electrons. The van der Waals surface area contributed by atoms with Crippen molar-refractivity contribution in [3.63, 3.8) is 0 Å². The Morgan fingerprint density at radius 3 is 2.20 bits per heavy atom. The summed E-state index contributed by atoms with van der Waals surface area (Å²) in [5, 5.41) is 1.29. The molecule has 0 saturated carbocycles. The van der Waals surface area contributed by atoms with Crippen LogP contribution >= 0.6 is 0 Å². The van der Waals surface area contributed by atoms with E-state index in [1.165, 1.54) is 16.6 Å². The second kappa shape index (κ2) is 8.10. The molecule has 0 fully saturated rings. The van der Waals surface area contributed by atoms with Crippen LogP contribution in [0.25, 0.3) is 10.9 Å². The van der Waals surface area contributed by atoms with E-state index < -0.39 is 16.3 Å². The zero-order valence-electron chi connectivity index (χ0n) is 10.8. The second-order valence-corrected chi connectivity index (χ2v) is 4.49. The van der Waals surface area contributed by atoms with E-state index in [1.54, 1.807) is 0 Å². The summed E-state index contributed by atoms with van der Waals surface area (Å²) in [6.45, 7) is 5.16. The lowest BCUT2D eigenvalue weighted by Gasteiger charge is -1.83. The van der Waals surface area contributed by atoms with Gasteiger partial charge in [-0.2, -0.15) is 8.42 Å². The predicted octanol–water partition coefficient (Wildman–Crippen LogP) is 1.48. The van der Waals surface area contributed by atoms with E-state index in [2.05, 4.69) is 48.5 Å². The first kappa shape index (κ1) is 17.8. The molecule has 1 aromatic carbocycles. The fourth-order valence-electron chi connectivity index (χ4n) is 1.22. The molecule has 0 spiro atoms. The van der Waals surface area contributed by atoms with Crippen molar-refractivity contribution in [2.24, 2.45) is 5.73 Å². The number of fused-ring (bicyclic) bond motifs is 1. The molecule has 0 bridgehead atoms. The number of aromatic amines is 1. The van der Waals surface area contributed by atoms with Crippen LogP contribution in [-0.2, 0) is 15.2 Å². The van der Waals surface area contributed by atoms with Crippen LogP contribution < -0.4 is 5.73 Å². The van der Waals surface area contributed by atoms with Gasteiger partial charge in [0.05, 0.1) is 0 Å². The molecule has 7 nitrogen and oxygen atoms in total. The van der Waals surface area contributed by atoms with Gasteiger partial charge >= 0.3 is 10.4 Å². The first-order chi connectivity index (χ1) is 9.13. The number of hydrogen-bond donors (Lipinski definition) is 4. The molecule has 0 aliphatic carbocycles. The number of hydrogen-bond acceptors (Lipinski definition) is 3. The first-order valence-corrected chi connectivity index (χ1v) is 6.69. The number of primary amides is 1. The maximum Gasteiger partial charge on any atom is 0.394 e. The van der Waals surface area contributed by atoms with Gasteiger partial charge < -0.3 is 10.7 Å². The van der Waals surface area contributed by atoms with Crippen molar-refractivity contribution in [1.29, 1.82) is 0 Å². The summed E-state index contributed by atoms with van der Waals surface area (Å²) < 4.78 is 31.6. The Bertz CT molecular complexity index is 635. The van der Waals surface area contributed by atoms with Gasteiger partial charge in [0.2, 0.25) is 5.91 Å². The zero-order chi connectivity index (χ0) is 15.8. The van der Waals surface area contributed by atoms with Gasteiger partial charge in [0.15, 0.2) is 0 Å². The molecule has 0 aliphatic rings. The summed E-state index contributed by atoms with van der Waals surface area (Å²) in [7, 11) is -4.67. The maximum atomic E-state index is 9.47. The summed E-state index contributed by atoms with van der Waals surface area (Å²) in [4.78, 5) is 12.7. The molecular formula is C12H16N2O5S. The zero-order valence-corrected chi connectivity index (χ0v) is 11.6. The SMILES string of the molecule is C=CC(N)=O.Cc1cc2ccccc2[nH]1.O=S(=O)(O)O. The highest BCUT2D eigenvalue weighted by Gasteiger charge is 1.92. The summed E-state index contributed by atoms with van der Waals surface area (Å²) >= 11 is 0. The third kappa shape index (κ3) is 9.83. The quantitative estimate of drug-likeness (QED) is 0.467. The summed E-state index contributed by atoms with van der Waals surface area (Å²) in [5.41, 5.74) is 6.98. The molecule has 1 heterocycles. The lowest BCUT2D eigenvalue weighted by atomic mass is 10.2. The van der Waals surface area contributed by atoms with E-state index in [-0.39, 0.29) is 0 Å². The monoisotopic (exact) mass is 300 g/mol. The smallest absolute Gasteiger partial charge is 0.366 e. The van der Waals surface area contributed by atoms with Crippen LogP contribution in [0.15, 0.2) is 43.0 Å². The number of amides is 1. The van der Waals surface area contributed by atoms with Gasteiger partial charge in [-0.3, -0.25) is 13.9 Å². The predicted molar refractivity (Wildman–Crippen MR) is 76.6 cm³/mol. The Labute approximate surface area is 116 Å². The number of benzene rings is 1. The lowest BCUT2D eigenvalue weighted by Crippen LogP contribution is -2.04. The Balaban J connectivity index is 0.000000310. The minimum atomic E-state index is -4.67. The molecule has 20 heavy (non-hydrogen) atoms. The highest BCUT2D eigenvalue weighted by Crippen LogP contribution is 2.12. The van der Waals surface area contributed by atoms with Crippen LogP contribution in [0, 0.1) is 6.92 Å². The molecular weight excluding hydrogens is 284 g/mol. The van der Waals surface area contributed by atoms with E-state index in [1.807, 2.05) is 6.07 Å². The van der Waals surface area contributed by atoms with Crippen molar-refractivity contribution >= 4 is 27.2 Å². The van der Waals surface area contributed by atoms with E-state index in [0.717, 1.165) is 6.08 Å². The van der Waals surface area contributed by atoms with Crippen molar-refractivity contribution < 1.29 is 22.3 Å². The van der Waals surface area contributed by atoms with Gasteiger partial charge in [-0.1, -0.05) is 24.8 Å². The molecule has 1 amide bonds. The molecule has 1 aromatic heterocycles. The van der Waals surface area contributed by atoms with Crippen molar-refractivity contribution in [3.05, 3.63) is 48.7 Å². The van der Waals surface area contributed by atoms with Crippen LogP contribution in [0.4, 0.5) is 0 Å². The number of H-pyrrole nitrogens is 1. The average molecular weight is 300 g/mol. The van der Waals surface area contributed by atoms with Gasteiger partial charge in [-0.15, -0.1) is 0 Å². The topological polar surface area (TPSA) is 133 Å². The molecule has 8 heteroatoms. The minimum absolute atomic E-state index is 0.481. The number of nitrogens with one attached hydrogen (secondary N) is 1. The van der Waals surface area contributed by atoms with Gasteiger partial charge in [0.25, 0.3) is 0 Å². The van der Waals surface area contributed by atoms with Crippen molar-refractivity contribution in [2.75, 3.05) is 0 Å². The highest BCUT2D eigenvalue weighted by molar-refractivity contribution is 7.79. The second-order valence-electron chi connectivity index (χ2n) is 3.59. The molecule has 5 N–H and O–H groups in total. The summed E-state index contributed by atoms with van der Waals surface area (Å²) in [6, 6.07) is 10.4. The third-order valence-electron chi connectivity index (χ3n) is 1.87. The number of aromatic nitrogens is 1. The third-order valence-corrected chi connectivity index (χ3v) is 1.87. The molecule has 0 saturated heterocycles. The van der Waals surface area contributed by atoms with Crippen molar-refractivity contribution in [2.45, 2.75) is 6.92 Å². The molecule has 0 radical (unpaired) electrons. The Kier molecular flexibility index (Phi) is 7.22. The van der Waals surface area contributed by atoms with E-state index >= 15 is 0 Å². The van der Waals surface area contributed by atoms with Gasteiger partial charge in [0.1, 0.15) is 0 Å². The van der Waals surface area contributed by atoms with E-state index in [0.29, 0.717) is 0 Å². The Morgan fingerprint density at radius 2 is 1.80 bits per heavy atom. The number of carbonyl (C=O) groups excluding carboxylic acids is 1. The summed E-state index contributed by atoms with van der Waals surface area (Å²) in [5.74, 6) is -0.481. The standard InChI is InChI=1S/C9H9N.C3H5NO.H2O4S/c1-7-6-8-4-2-3-5-9(8)10-7;1-2-3(4)5;1-5(2,3)4/h2-6,10H,1H3;2H,1H2,(H2,4,5);(H2,1,2,3,4). The maximum absolute atomic E-state index is 9.47. The minimum Gasteiger partial charge on any atom is -0.366 e. The largest absolute Gasteiger partial charge is 0.394 e. The van der Waals surface area contributed by atoms with Gasteiger partial charge in [-0.05, 0) is 30.5 Å². The highest BCUT2D eigenvalue weighted by atomic mass is 32.3. The fraction of sp³-hybridized carbons (Fsp3) is 0.0833. The van der Waals surface area contributed by atoms with Crippen molar-refractivity contribution in [1.82, 2.24) is 4.98 Å². The summed E-state index contributed by atoms with van der Waals surface area (Å²) in [6.07, 6.45) is 1.06. The van der Waals surface area contributed by atoms with Crippen LogP contribution in [0.3, 0.4) is 0 Å². The van der Waals surface area contributed by atoms with Crippen LogP contribution in [-0.4, -0.2) is 28.4 Å². The number of aryl methyl sites for hydroxylation is 1. The number of rotatable bonds is 1.